The maximum atomic E-state index is 8.87. The molecule has 0 aromatic rings. The number of aliphatic hydroxyl groups is 1. The molecule has 2 saturated heterocycles. The Morgan fingerprint density at radius 3 is 2.57 bits per heavy atom. The smallest absolute Gasteiger partial charge is 0.0558 e. The average Bonchev–Trinajstić information content (AvgIpc) is 2.68. The van der Waals surface area contributed by atoms with Gasteiger partial charge in [-0.3, -0.25) is 9.80 Å². The SMILES string of the molecule is OCCN1CCC(N2CCCCC2)C1. The van der Waals surface area contributed by atoms with E-state index in [1.807, 2.05) is 0 Å². The quantitative estimate of drug-likeness (QED) is 0.717. The zero-order valence-electron chi connectivity index (χ0n) is 8.99. The molecule has 2 fully saturated rings. The van der Waals surface area contributed by atoms with Crippen molar-refractivity contribution in [1.82, 2.24) is 9.80 Å². The van der Waals surface area contributed by atoms with Gasteiger partial charge < -0.3 is 5.11 Å². The van der Waals surface area contributed by atoms with Crippen LogP contribution in [0.1, 0.15) is 25.7 Å². The van der Waals surface area contributed by atoms with Crippen molar-refractivity contribution in [2.75, 3.05) is 39.3 Å². The van der Waals surface area contributed by atoms with Crippen LogP contribution in [-0.2, 0) is 0 Å². The van der Waals surface area contributed by atoms with Crippen LogP contribution < -0.4 is 0 Å². The normalized spacial score (nSPS) is 31.1. The lowest BCUT2D eigenvalue weighted by molar-refractivity contribution is 0.155. The van der Waals surface area contributed by atoms with Gasteiger partial charge in [-0.1, -0.05) is 6.42 Å². The zero-order valence-corrected chi connectivity index (χ0v) is 8.99. The molecule has 2 rings (SSSR count). The van der Waals surface area contributed by atoms with Gasteiger partial charge in [-0.15, -0.1) is 0 Å². The van der Waals surface area contributed by atoms with Gasteiger partial charge in [0.25, 0.3) is 0 Å². The summed E-state index contributed by atoms with van der Waals surface area (Å²) in [6.07, 6.45) is 5.50. The van der Waals surface area contributed by atoms with E-state index in [1.54, 1.807) is 0 Å². The van der Waals surface area contributed by atoms with Crippen LogP contribution in [0.15, 0.2) is 0 Å². The summed E-state index contributed by atoms with van der Waals surface area (Å²) in [6.45, 7) is 6.15. The third-order valence-corrected chi connectivity index (χ3v) is 3.57. The number of β-amino-alcohol motifs (C(OH)–C–C–N with tert-alkyl or cyclic N) is 1. The van der Waals surface area contributed by atoms with Gasteiger partial charge in [0.05, 0.1) is 6.61 Å². The average molecular weight is 198 g/mol. The van der Waals surface area contributed by atoms with E-state index in [-0.39, 0.29) is 0 Å². The lowest BCUT2D eigenvalue weighted by Gasteiger charge is -2.32. The topological polar surface area (TPSA) is 26.7 Å². The van der Waals surface area contributed by atoms with E-state index in [2.05, 4.69) is 9.80 Å². The molecule has 0 aliphatic carbocycles. The maximum absolute atomic E-state index is 8.87. The van der Waals surface area contributed by atoms with Crippen molar-refractivity contribution in [2.24, 2.45) is 0 Å². The highest BCUT2D eigenvalue weighted by molar-refractivity contribution is 4.84. The molecule has 3 nitrogen and oxygen atoms in total. The molecule has 2 heterocycles. The standard InChI is InChI=1S/C11H22N2O/c14-9-8-12-7-4-11(10-12)13-5-2-1-3-6-13/h11,14H,1-10H2. The summed E-state index contributed by atoms with van der Waals surface area (Å²) >= 11 is 0. The fourth-order valence-electron chi connectivity index (χ4n) is 2.74. The van der Waals surface area contributed by atoms with E-state index < -0.39 is 0 Å². The Morgan fingerprint density at radius 1 is 1.07 bits per heavy atom. The number of aliphatic hydroxyl groups excluding tert-OH is 1. The second-order valence-electron chi connectivity index (χ2n) is 4.56. The molecule has 0 saturated carbocycles. The van der Waals surface area contributed by atoms with Crippen molar-refractivity contribution in [2.45, 2.75) is 31.7 Å². The molecule has 0 radical (unpaired) electrons. The number of hydrogen-bond donors (Lipinski definition) is 1. The molecule has 1 N–H and O–H groups in total. The van der Waals surface area contributed by atoms with E-state index in [0.717, 1.165) is 12.6 Å². The minimum Gasteiger partial charge on any atom is -0.395 e. The van der Waals surface area contributed by atoms with Crippen LogP contribution in [0.4, 0.5) is 0 Å². The fraction of sp³-hybridized carbons (Fsp3) is 1.00. The molecular weight excluding hydrogens is 176 g/mol. The summed E-state index contributed by atoms with van der Waals surface area (Å²) in [7, 11) is 0. The summed E-state index contributed by atoms with van der Waals surface area (Å²) in [5.74, 6) is 0. The summed E-state index contributed by atoms with van der Waals surface area (Å²) in [5, 5.41) is 8.87. The first-order valence-corrected chi connectivity index (χ1v) is 5.97. The third kappa shape index (κ3) is 2.47. The lowest BCUT2D eigenvalue weighted by atomic mass is 10.1. The fourth-order valence-corrected chi connectivity index (χ4v) is 2.74. The molecule has 0 bridgehead atoms. The molecule has 82 valence electrons. The minimum atomic E-state index is 0.312. The lowest BCUT2D eigenvalue weighted by Crippen LogP contribution is -2.41. The van der Waals surface area contributed by atoms with Crippen LogP contribution in [0.2, 0.25) is 0 Å². The van der Waals surface area contributed by atoms with Crippen LogP contribution in [0.5, 0.6) is 0 Å². The van der Waals surface area contributed by atoms with Gasteiger partial charge in [-0.05, 0) is 38.9 Å². The van der Waals surface area contributed by atoms with Crippen molar-refractivity contribution >= 4 is 0 Å². The van der Waals surface area contributed by atoms with E-state index in [9.17, 15) is 0 Å². The Kier molecular flexibility index (Phi) is 3.79. The van der Waals surface area contributed by atoms with Crippen LogP contribution in [0.25, 0.3) is 0 Å². The summed E-state index contributed by atoms with van der Waals surface area (Å²) < 4.78 is 0. The highest BCUT2D eigenvalue weighted by Crippen LogP contribution is 2.19. The number of rotatable bonds is 3. The molecule has 3 heteroatoms. The third-order valence-electron chi connectivity index (χ3n) is 3.57. The molecule has 2 aliphatic rings. The Morgan fingerprint density at radius 2 is 1.86 bits per heavy atom. The van der Waals surface area contributed by atoms with Crippen molar-refractivity contribution in [3.05, 3.63) is 0 Å². The van der Waals surface area contributed by atoms with Crippen molar-refractivity contribution in [3.63, 3.8) is 0 Å². The van der Waals surface area contributed by atoms with E-state index in [4.69, 9.17) is 5.11 Å². The highest BCUT2D eigenvalue weighted by Gasteiger charge is 2.27. The Hall–Kier alpha value is -0.120. The minimum absolute atomic E-state index is 0.312. The van der Waals surface area contributed by atoms with Gasteiger partial charge in [0, 0.05) is 19.1 Å². The molecule has 1 atom stereocenters. The highest BCUT2D eigenvalue weighted by atomic mass is 16.3. The van der Waals surface area contributed by atoms with Gasteiger partial charge >= 0.3 is 0 Å². The molecule has 14 heavy (non-hydrogen) atoms. The molecule has 2 aliphatic heterocycles. The van der Waals surface area contributed by atoms with Crippen LogP contribution in [0, 0.1) is 0 Å². The van der Waals surface area contributed by atoms with Crippen LogP contribution in [-0.4, -0.2) is 60.3 Å². The Balaban J connectivity index is 1.76. The Bertz CT molecular complexity index is 169. The van der Waals surface area contributed by atoms with Crippen molar-refractivity contribution < 1.29 is 5.11 Å². The molecule has 0 amide bonds. The van der Waals surface area contributed by atoms with Gasteiger partial charge in [0.1, 0.15) is 0 Å². The summed E-state index contributed by atoms with van der Waals surface area (Å²) in [4.78, 5) is 5.04. The predicted octanol–water partition coefficient (Wildman–Crippen LogP) is 0.539. The first-order valence-electron chi connectivity index (χ1n) is 5.97. The number of hydrogen-bond acceptors (Lipinski definition) is 3. The van der Waals surface area contributed by atoms with Gasteiger partial charge in [0.15, 0.2) is 0 Å². The van der Waals surface area contributed by atoms with Crippen molar-refractivity contribution in [3.8, 4) is 0 Å². The molecule has 0 spiro atoms. The first kappa shape index (κ1) is 10.4. The monoisotopic (exact) mass is 198 g/mol. The number of nitrogens with zero attached hydrogens (tertiary/aromatic N) is 2. The number of likely N-dealkylation sites (tertiary alicyclic amines) is 2. The first-order chi connectivity index (χ1) is 6.90. The predicted molar refractivity (Wildman–Crippen MR) is 57.4 cm³/mol. The largest absolute Gasteiger partial charge is 0.395 e. The van der Waals surface area contributed by atoms with Gasteiger partial charge in [-0.2, -0.15) is 0 Å². The molecule has 0 aromatic carbocycles. The molecular formula is C11H22N2O. The number of piperidine rings is 1. The molecule has 0 aromatic heterocycles. The zero-order chi connectivity index (χ0) is 9.80. The molecule has 1 unspecified atom stereocenters. The van der Waals surface area contributed by atoms with Crippen LogP contribution >= 0.6 is 0 Å². The van der Waals surface area contributed by atoms with Gasteiger partial charge in [0.2, 0.25) is 0 Å². The van der Waals surface area contributed by atoms with E-state index in [0.29, 0.717) is 6.61 Å². The van der Waals surface area contributed by atoms with Gasteiger partial charge in [-0.25, -0.2) is 0 Å². The van der Waals surface area contributed by atoms with E-state index in [1.165, 1.54) is 51.9 Å². The second kappa shape index (κ2) is 5.10. The summed E-state index contributed by atoms with van der Waals surface area (Å²) in [6, 6.07) is 0.779. The maximum Gasteiger partial charge on any atom is 0.0558 e. The second-order valence-corrected chi connectivity index (χ2v) is 4.56. The Labute approximate surface area is 86.7 Å². The van der Waals surface area contributed by atoms with Crippen molar-refractivity contribution in [1.29, 1.82) is 0 Å². The van der Waals surface area contributed by atoms with Crippen LogP contribution in [0.3, 0.4) is 0 Å². The summed E-state index contributed by atoms with van der Waals surface area (Å²) in [5.41, 5.74) is 0. The van der Waals surface area contributed by atoms with E-state index >= 15 is 0 Å².